The van der Waals surface area contributed by atoms with Crippen LogP contribution in [0.3, 0.4) is 0 Å². The van der Waals surface area contributed by atoms with E-state index in [4.69, 9.17) is 9.47 Å². The van der Waals surface area contributed by atoms with E-state index < -0.39 is 11.9 Å². The lowest BCUT2D eigenvalue weighted by molar-refractivity contribution is -0.248. The van der Waals surface area contributed by atoms with Gasteiger partial charge in [0.25, 0.3) is 0 Å². The van der Waals surface area contributed by atoms with E-state index >= 15 is 0 Å². The molecule has 0 saturated heterocycles. The molecule has 59 heavy (non-hydrogen) atoms. The van der Waals surface area contributed by atoms with Crippen LogP contribution in [0.2, 0.25) is 0 Å². The van der Waals surface area contributed by atoms with Crippen LogP contribution in [0.4, 0.5) is 0 Å². The van der Waals surface area contributed by atoms with Gasteiger partial charge in [0.15, 0.2) is 11.5 Å². The van der Waals surface area contributed by atoms with E-state index in [1.54, 1.807) is 18.2 Å². The quantitative estimate of drug-likeness (QED) is 0.0738. The lowest BCUT2D eigenvalue weighted by Gasteiger charge is -2.73. The molecule has 3 N–H and O–H groups in total. The Hall–Kier alpha value is -3.20. The number of ether oxygens (including phenoxy) is 2. The van der Waals surface area contributed by atoms with Gasteiger partial charge in [-0.15, -0.1) is 0 Å². The molecule has 9 heteroatoms. The molecule has 5 aliphatic rings. The van der Waals surface area contributed by atoms with Gasteiger partial charge in [-0.05, 0) is 158 Å². The number of carbonyl (C=O) groups excluding carboxylic acids is 4. The summed E-state index contributed by atoms with van der Waals surface area (Å²) in [5.41, 5.74) is 1.09. The molecule has 0 aliphatic heterocycles. The molecule has 0 radical (unpaired) electrons. The van der Waals surface area contributed by atoms with Crippen LogP contribution in [0.5, 0.6) is 11.5 Å². The molecule has 1 aromatic rings. The Morgan fingerprint density at radius 3 is 2.08 bits per heavy atom. The molecule has 2 amide bonds. The first-order valence-electron chi connectivity index (χ1n) is 23.2. The van der Waals surface area contributed by atoms with E-state index in [9.17, 15) is 24.3 Å². The largest absolute Gasteiger partial charge is 0.423 e. The van der Waals surface area contributed by atoms with E-state index in [2.05, 4.69) is 59.1 Å². The van der Waals surface area contributed by atoms with Crippen LogP contribution >= 0.6 is 0 Å². The Labute approximate surface area is 355 Å². The zero-order valence-electron chi connectivity index (χ0n) is 37.8. The van der Waals surface area contributed by atoms with E-state index in [0.29, 0.717) is 53.5 Å². The van der Waals surface area contributed by atoms with Gasteiger partial charge in [0.05, 0.1) is 11.5 Å². The van der Waals surface area contributed by atoms with Crippen molar-refractivity contribution in [2.24, 2.45) is 62.6 Å². The maximum absolute atomic E-state index is 14.5. The van der Waals surface area contributed by atoms with Crippen molar-refractivity contribution in [1.29, 1.82) is 0 Å². The number of amides is 2. The number of nitrogens with one attached hydrogen (secondary N) is 2. The summed E-state index contributed by atoms with van der Waals surface area (Å²) in [5, 5.41) is 17.6. The highest BCUT2D eigenvalue weighted by molar-refractivity contribution is 5.91. The predicted octanol–water partition coefficient (Wildman–Crippen LogP) is 9.83. The molecule has 9 nitrogen and oxygen atoms in total. The maximum atomic E-state index is 14.5. The molecular formula is C50H76N2O7. The number of esters is 2. The summed E-state index contributed by atoms with van der Waals surface area (Å²) < 4.78 is 10.3. The van der Waals surface area contributed by atoms with Gasteiger partial charge >= 0.3 is 11.9 Å². The molecule has 1 aromatic carbocycles. The van der Waals surface area contributed by atoms with E-state index in [1.807, 2.05) is 0 Å². The van der Waals surface area contributed by atoms with Crippen molar-refractivity contribution in [3.8, 4) is 11.5 Å². The normalized spacial score (nSPS) is 35.8. The molecule has 0 spiro atoms. The molecule has 4 unspecified atom stereocenters. The highest BCUT2D eigenvalue weighted by Crippen LogP contribution is 2.77. The van der Waals surface area contributed by atoms with Crippen molar-refractivity contribution in [2.75, 3.05) is 13.1 Å². The topological polar surface area (TPSA) is 131 Å². The predicted molar refractivity (Wildman–Crippen MR) is 232 cm³/mol. The van der Waals surface area contributed by atoms with Crippen LogP contribution < -0.4 is 20.1 Å². The summed E-state index contributed by atoms with van der Waals surface area (Å²) in [5.74, 6) is 2.74. The number of benzene rings is 1. The van der Waals surface area contributed by atoms with E-state index in [0.717, 1.165) is 70.8 Å². The average molecular weight is 817 g/mol. The fraction of sp³-hybridized carbons (Fsp3) is 0.760. The fourth-order valence-corrected chi connectivity index (χ4v) is 14.5. The molecule has 5 saturated carbocycles. The highest BCUT2D eigenvalue weighted by Gasteiger charge is 2.72. The third-order valence-electron chi connectivity index (χ3n) is 17.6. The number of carbonyl (C=O) groups is 4. The van der Waals surface area contributed by atoms with Gasteiger partial charge in [-0.25, -0.2) is 0 Å². The first-order chi connectivity index (χ1) is 27.8. The summed E-state index contributed by atoms with van der Waals surface area (Å²) in [6, 6.07) is 4.75. The van der Waals surface area contributed by atoms with Gasteiger partial charge in [0, 0.05) is 33.0 Å². The van der Waals surface area contributed by atoms with Crippen molar-refractivity contribution in [3.05, 3.63) is 29.8 Å². The Bertz CT molecular complexity index is 1750. The zero-order valence-corrected chi connectivity index (χ0v) is 37.8. The first-order valence-corrected chi connectivity index (χ1v) is 23.2. The third-order valence-corrected chi connectivity index (χ3v) is 17.6. The lowest BCUT2D eigenvalue weighted by atomic mass is 9.32. The Morgan fingerprint density at radius 2 is 1.41 bits per heavy atom. The van der Waals surface area contributed by atoms with Crippen LogP contribution in [0.15, 0.2) is 24.3 Å². The smallest absolute Gasteiger partial charge is 0.308 e. The van der Waals surface area contributed by atoms with Crippen LogP contribution in [-0.2, 0) is 19.2 Å². The first kappa shape index (κ1) is 45.3. The summed E-state index contributed by atoms with van der Waals surface area (Å²) in [7, 11) is 0. The Morgan fingerprint density at radius 1 is 0.746 bits per heavy atom. The van der Waals surface area contributed by atoms with Crippen molar-refractivity contribution in [1.82, 2.24) is 10.6 Å². The molecule has 0 heterocycles. The number of hydrogen-bond acceptors (Lipinski definition) is 7. The molecule has 0 aromatic heterocycles. The van der Waals surface area contributed by atoms with Gasteiger partial charge in [0.2, 0.25) is 11.8 Å². The molecule has 10 atom stereocenters. The van der Waals surface area contributed by atoms with Gasteiger partial charge in [-0.2, -0.15) is 0 Å². The molecule has 328 valence electrons. The molecule has 6 rings (SSSR count). The van der Waals surface area contributed by atoms with Gasteiger partial charge < -0.3 is 25.2 Å². The Balaban J connectivity index is 0.974. The van der Waals surface area contributed by atoms with Crippen LogP contribution in [0, 0.1) is 62.6 Å². The summed E-state index contributed by atoms with van der Waals surface area (Å²) >= 11 is 0. The van der Waals surface area contributed by atoms with Crippen LogP contribution in [0.1, 0.15) is 164 Å². The minimum Gasteiger partial charge on any atom is -0.423 e. The van der Waals surface area contributed by atoms with Crippen LogP contribution in [0.25, 0.3) is 6.08 Å². The van der Waals surface area contributed by atoms with Gasteiger partial charge in [-0.3, -0.25) is 19.2 Å². The monoisotopic (exact) mass is 817 g/mol. The van der Waals surface area contributed by atoms with Crippen molar-refractivity contribution >= 4 is 29.8 Å². The van der Waals surface area contributed by atoms with E-state index in [-0.39, 0.29) is 50.6 Å². The fourth-order valence-electron chi connectivity index (χ4n) is 14.5. The van der Waals surface area contributed by atoms with Gasteiger partial charge in [-0.1, -0.05) is 73.8 Å². The minimum atomic E-state index is -0.540. The zero-order chi connectivity index (χ0) is 43.0. The Kier molecular flexibility index (Phi) is 13.6. The van der Waals surface area contributed by atoms with Crippen molar-refractivity contribution in [2.45, 2.75) is 165 Å². The summed E-state index contributed by atoms with van der Waals surface area (Å²) in [6.45, 7) is 21.3. The van der Waals surface area contributed by atoms with Crippen LogP contribution in [-0.4, -0.2) is 48.1 Å². The number of aliphatic hydroxyl groups is 1. The second kappa shape index (κ2) is 17.6. The van der Waals surface area contributed by atoms with Crippen molar-refractivity contribution in [3.63, 3.8) is 0 Å². The number of rotatable bonds is 14. The van der Waals surface area contributed by atoms with Crippen molar-refractivity contribution < 1.29 is 33.8 Å². The number of hydrogen-bond donors (Lipinski definition) is 3. The minimum absolute atomic E-state index is 0.0381. The number of aliphatic hydroxyl groups excluding tert-OH is 1. The van der Waals surface area contributed by atoms with E-state index in [1.165, 1.54) is 58.1 Å². The summed E-state index contributed by atoms with van der Waals surface area (Å²) in [4.78, 5) is 49.9. The highest BCUT2D eigenvalue weighted by atomic mass is 16.6. The molecule has 5 aliphatic carbocycles. The van der Waals surface area contributed by atoms with Gasteiger partial charge in [0.1, 0.15) is 0 Å². The summed E-state index contributed by atoms with van der Waals surface area (Å²) in [6.07, 6.45) is 19.2. The third kappa shape index (κ3) is 8.53. The molecular weight excluding hydrogens is 741 g/mol. The number of unbranched alkanes of at least 4 members (excludes halogenated alkanes) is 4. The lowest BCUT2D eigenvalue weighted by Crippen LogP contribution is -2.67. The molecule has 0 bridgehead atoms. The maximum Gasteiger partial charge on any atom is 0.308 e. The molecule has 5 fully saturated rings. The second-order valence-electron chi connectivity index (χ2n) is 21.2. The SMILES string of the molecule is CC(=O)Oc1ccc(/C=C/C(=O)NCCCCCCCNC(=O)[C@]23CC[C@@H](C(C)C)C2C2CCC4[C@@]5(C)CC[C@H](O)C(C)(C)C5CC[C@@]4(C)[C@]2(C)CC3)cc1OC(C)=O. The standard InChI is InChI=1S/C50H76N2O7/c1-32(2)36-21-26-50(28-27-48(8)37(44(36)50)17-19-41-47(7)24-23-42(55)46(5,6)40(47)22-25-49(41,48)9)45(57)52-30-14-12-10-11-13-29-51-43(56)20-16-35-15-18-38(58-33(3)53)39(31-35)59-34(4)54/h15-16,18,20,31-32,36-37,40-42,44,55H,10-14,17,19,21-30H2,1-9H3,(H,51,56)(H,52,57)/b20-16+/t36-,37?,40?,41?,42-,44?,47-,48+,49+,50-/m0/s1. The second-order valence-corrected chi connectivity index (χ2v) is 21.2. The number of fused-ring (bicyclic) bond motifs is 7. The average Bonchev–Trinajstić information content (AvgIpc) is 3.57.